The number of halogens is 1. The summed E-state index contributed by atoms with van der Waals surface area (Å²) in [5.74, 6) is 0.463. The van der Waals surface area contributed by atoms with Crippen molar-refractivity contribution in [2.75, 3.05) is 24.3 Å². The Labute approximate surface area is 121 Å². The van der Waals surface area contributed by atoms with E-state index in [2.05, 4.69) is 4.72 Å². The maximum absolute atomic E-state index is 12.1. The minimum Gasteiger partial charge on any atom is -0.397 e. The van der Waals surface area contributed by atoms with Crippen molar-refractivity contribution < 1.29 is 12.6 Å². The molecule has 0 radical (unpaired) electrons. The number of hydrogen-bond acceptors (Lipinski definition) is 4. The molecule has 0 saturated heterocycles. The number of anilines is 1. The van der Waals surface area contributed by atoms with E-state index in [0.29, 0.717) is 22.8 Å². The molecule has 108 valence electrons. The van der Waals surface area contributed by atoms with Crippen molar-refractivity contribution >= 4 is 38.1 Å². The molecule has 1 unspecified atom stereocenters. The molecule has 0 aliphatic rings. The van der Waals surface area contributed by atoms with E-state index in [1.807, 2.05) is 0 Å². The van der Waals surface area contributed by atoms with E-state index in [0.717, 1.165) is 0 Å². The summed E-state index contributed by atoms with van der Waals surface area (Å²) in [4.78, 5) is 0.118. The van der Waals surface area contributed by atoms with E-state index in [4.69, 9.17) is 17.3 Å². The molecule has 1 aromatic carbocycles. The minimum atomic E-state index is -3.62. The summed E-state index contributed by atoms with van der Waals surface area (Å²) in [7, 11) is -4.54. The van der Waals surface area contributed by atoms with Crippen LogP contribution in [-0.4, -0.2) is 31.2 Å². The van der Waals surface area contributed by atoms with Gasteiger partial charge in [-0.05, 0) is 31.0 Å². The third kappa shape index (κ3) is 4.76. The van der Waals surface area contributed by atoms with Gasteiger partial charge in [-0.1, -0.05) is 11.6 Å². The average Bonchev–Trinajstić information content (AvgIpc) is 2.29. The molecule has 0 spiro atoms. The zero-order chi connectivity index (χ0) is 14.6. The quantitative estimate of drug-likeness (QED) is 0.609. The van der Waals surface area contributed by atoms with Gasteiger partial charge in [-0.15, -0.1) is 0 Å². The van der Waals surface area contributed by atoms with Crippen LogP contribution in [0.15, 0.2) is 17.0 Å². The first-order valence-electron chi connectivity index (χ1n) is 5.59. The normalized spacial score (nSPS) is 13.4. The number of nitrogens with two attached hydrogens (primary N) is 1. The van der Waals surface area contributed by atoms with Crippen molar-refractivity contribution in [2.24, 2.45) is 0 Å². The summed E-state index contributed by atoms with van der Waals surface area (Å²) < 4.78 is 37.5. The van der Waals surface area contributed by atoms with E-state index >= 15 is 0 Å². The summed E-state index contributed by atoms with van der Waals surface area (Å²) in [6.45, 7) is 1.89. The zero-order valence-electron chi connectivity index (χ0n) is 10.8. The van der Waals surface area contributed by atoms with Crippen molar-refractivity contribution in [2.45, 2.75) is 18.2 Å². The Bertz CT molecular complexity index is 588. The molecule has 1 rings (SSSR count). The van der Waals surface area contributed by atoms with Crippen LogP contribution in [0.5, 0.6) is 0 Å². The van der Waals surface area contributed by atoms with Crippen molar-refractivity contribution in [1.82, 2.24) is 4.72 Å². The van der Waals surface area contributed by atoms with Gasteiger partial charge in [0.2, 0.25) is 10.0 Å². The minimum absolute atomic E-state index is 0.118. The Balaban J connectivity index is 2.83. The molecule has 0 fully saturated rings. The van der Waals surface area contributed by atoms with Crippen LogP contribution in [0, 0.1) is 6.92 Å². The van der Waals surface area contributed by atoms with Gasteiger partial charge in [0.25, 0.3) is 0 Å². The van der Waals surface area contributed by atoms with Gasteiger partial charge in [-0.25, -0.2) is 13.1 Å². The molecule has 0 aliphatic carbocycles. The molecule has 8 heteroatoms. The van der Waals surface area contributed by atoms with Crippen molar-refractivity contribution in [3.05, 3.63) is 22.7 Å². The van der Waals surface area contributed by atoms with E-state index in [-0.39, 0.29) is 17.1 Å². The van der Waals surface area contributed by atoms with Crippen LogP contribution in [-0.2, 0) is 20.8 Å². The average molecular weight is 325 g/mol. The highest BCUT2D eigenvalue weighted by atomic mass is 35.5. The molecule has 0 saturated carbocycles. The van der Waals surface area contributed by atoms with Crippen LogP contribution in [0.4, 0.5) is 5.69 Å². The molecule has 0 aromatic heterocycles. The number of rotatable bonds is 6. The number of sulfonamides is 1. The molecule has 0 bridgehead atoms. The molecule has 0 aliphatic heterocycles. The molecule has 5 nitrogen and oxygen atoms in total. The van der Waals surface area contributed by atoms with Crippen LogP contribution in [0.3, 0.4) is 0 Å². The monoisotopic (exact) mass is 324 g/mol. The number of hydrogen-bond donors (Lipinski definition) is 2. The van der Waals surface area contributed by atoms with Gasteiger partial charge >= 0.3 is 0 Å². The van der Waals surface area contributed by atoms with Gasteiger partial charge in [0, 0.05) is 29.4 Å². The van der Waals surface area contributed by atoms with E-state index < -0.39 is 20.8 Å². The summed E-state index contributed by atoms with van der Waals surface area (Å²) in [5.41, 5.74) is 6.37. The van der Waals surface area contributed by atoms with Crippen LogP contribution in [0.1, 0.15) is 12.0 Å². The van der Waals surface area contributed by atoms with E-state index in [9.17, 15) is 12.6 Å². The lowest BCUT2D eigenvalue weighted by molar-refractivity contribution is 0.580. The Morgan fingerprint density at radius 2 is 2.05 bits per heavy atom. The summed E-state index contributed by atoms with van der Waals surface area (Å²) in [5, 5.41) is 0.331. The Morgan fingerprint density at radius 3 is 2.63 bits per heavy atom. The maximum Gasteiger partial charge on any atom is 0.240 e. The SMILES string of the molecule is Cc1cc(Cl)c(N)cc1S(=O)(=O)NCCCS(C)=O. The van der Waals surface area contributed by atoms with Gasteiger partial charge in [0.1, 0.15) is 0 Å². The highest BCUT2D eigenvalue weighted by Crippen LogP contribution is 2.25. The lowest BCUT2D eigenvalue weighted by Crippen LogP contribution is -2.26. The zero-order valence-corrected chi connectivity index (χ0v) is 13.2. The second kappa shape index (κ2) is 6.69. The highest BCUT2D eigenvalue weighted by Gasteiger charge is 2.17. The van der Waals surface area contributed by atoms with Gasteiger partial charge < -0.3 is 5.73 Å². The first kappa shape index (κ1) is 16.4. The molecule has 3 N–H and O–H groups in total. The first-order valence-corrected chi connectivity index (χ1v) is 9.18. The number of nitrogen functional groups attached to an aromatic ring is 1. The van der Waals surface area contributed by atoms with Crippen LogP contribution < -0.4 is 10.5 Å². The van der Waals surface area contributed by atoms with Gasteiger partial charge in [0.15, 0.2) is 0 Å². The lowest BCUT2D eigenvalue weighted by Gasteiger charge is -2.10. The molecule has 19 heavy (non-hydrogen) atoms. The van der Waals surface area contributed by atoms with Gasteiger partial charge in [-0.3, -0.25) is 4.21 Å². The number of nitrogens with one attached hydrogen (secondary N) is 1. The summed E-state index contributed by atoms with van der Waals surface area (Å²) >= 11 is 5.82. The second-order valence-electron chi connectivity index (χ2n) is 4.17. The topological polar surface area (TPSA) is 89.3 Å². The Hall–Kier alpha value is -0.630. The molecular weight excluding hydrogens is 308 g/mol. The third-order valence-electron chi connectivity index (χ3n) is 2.48. The van der Waals surface area contributed by atoms with Crippen LogP contribution in [0.25, 0.3) is 0 Å². The third-order valence-corrected chi connectivity index (χ3v) is 5.28. The van der Waals surface area contributed by atoms with Crippen LogP contribution in [0.2, 0.25) is 5.02 Å². The van der Waals surface area contributed by atoms with Crippen molar-refractivity contribution in [3.8, 4) is 0 Å². The van der Waals surface area contributed by atoms with Gasteiger partial charge in [0.05, 0.1) is 15.6 Å². The first-order chi connectivity index (χ1) is 8.74. The highest BCUT2D eigenvalue weighted by molar-refractivity contribution is 7.89. The second-order valence-corrected chi connectivity index (χ2v) is 7.87. The van der Waals surface area contributed by atoms with E-state index in [1.165, 1.54) is 12.1 Å². The molecule has 0 amide bonds. The van der Waals surface area contributed by atoms with Crippen LogP contribution >= 0.6 is 11.6 Å². The molecule has 0 heterocycles. The Kier molecular flexibility index (Phi) is 5.79. The fourth-order valence-corrected chi connectivity index (χ4v) is 3.62. The molecule has 1 aromatic rings. The predicted molar refractivity (Wildman–Crippen MR) is 79.3 cm³/mol. The number of aryl methyl sites for hydroxylation is 1. The smallest absolute Gasteiger partial charge is 0.240 e. The Morgan fingerprint density at radius 1 is 1.42 bits per heavy atom. The van der Waals surface area contributed by atoms with Crippen molar-refractivity contribution in [1.29, 1.82) is 0 Å². The summed E-state index contributed by atoms with van der Waals surface area (Å²) in [6, 6.07) is 2.87. The van der Waals surface area contributed by atoms with E-state index in [1.54, 1.807) is 13.2 Å². The lowest BCUT2D eigenvalue weighted by atomic mass is 10.2. The van der Waals surface area contributed by atoms with Gasteiger partial charge in [-0.2, -0.15) is 0 Å². The molecule has 1 atom stereocenters. The standard InChI is InChI=1S/C11H17ClN2O3S2/c1-8-6-9(12)10(13)7-11(8)19(16,17)14-4-3-5-18(2)15/h6-7,14H,3-5,13H2,1-2H3. The fraction of sp³-hybridized carbons (Fsp3) is 0.455. The maximum atomic E-state index is 12.1. The number of benzene rings is 1. The predicted octanol–water partition coefficient (Wildman–Crippen LogP) is 1.28. The summed E-state index contributed by atoms with van der Waals surface area (Å²) in [6.07, 6.45) is 2.10. The molecular formula is C11H17ClN2O3S2. The largest absolute Gasteiger partial charge is 0.397 e. The fourth-order valence-electron chi connectivity index (χ4n) is 1.52. The van der Waals surface area contributed by atoms with Crippen molar-refractivity contribution in [3.63, 3.8) is 0 Å².